The van der Waals surface area contributed by atoms with E-state index in [9.17, 15) is 0 Å². The number of ether oxygens (including phenoxy) is 3. The van der Waals surface area contributed by atoms with Crippen LogP contribution in [0.1, 0.15) is 0 Å². The summed E-state index contributed by atoms with van der Waals surface area (Å²) in [7, 11) is 4.79. The Kier molecular flexibility index (Phi) is 4.76. The topological polar surface area (TPSA) is 68.4 Å². The molecule has 0 bridgehead atoms. The summed E-state index contributed by atoms with van der Waals surface area (Å²) in [5, 5.41) is 4.48. The van der Waals surface area contributed by atoms with Crippen LogP contribution in [0.15, 0.2) is 60.8 Å². The van der Waals surface area contributed by atoms with Crippen molar-refractivity contribution in [2.24, 2.45) is 0 Å². The average molecular weight is 375 g/mol. The van der Waals surface area contributed by atoms with Crippen molar-refractivity contribution in [3.8, 4) is 28.5 Å². The third-order valence-electron chi connectivity index (χ3n) is 4.54. The Morgan fingerprint density at radius 2 is 1.64 bits per heavy atom. The summed E-state index contributed by atoms with van der Waals surface area (Å²) in [5.41, 5.74) is 3.82. The molecule has 2 heterocycles. The zero-order valence-corrected chi connectivity index (χ0v) is 15.9. The number of hydrogen-bond donors (Lipinski definition) is 2. The number of methoxy groups -OCH3 is 3. The Morgan fingerprint density at radius 3 is 2.29 bits per heavy atom. The fourth-order valence-corrected chi connectivity index (χ4v) is 3.27. The van der Waals surface area contributed by atoms with Gasteiger partial charge in [-0.05, 0) is 18.2 Å². The van der Waals surface area contributed by atoms with Crippen LogP contribution in [0.2, 0.25) is 0 Å². The lowest BCUT2D eigenvalue weighted by atomic mass is 10.1. The quantitative estimate of drug-likeness (QED) is 0.496. The van der Waals surface area contributed by atoms with Crippen molar-refractivity contribution in [3.63, 3.8) is 0 Å². The van der Waals surface area contributed by atoms with E-state index < -0.39 is 0 Å². The lowest BCUT2D eigenvalue weighted by molar-refractivity contribution is 0.324. The summed E-state index contributed by atoms with van der Waals surface area (Å²) >= 11 is 0. The molecule has 0 saturated heterocycles. The molecule has 6 heteroatoms. The van der Waals surface area contributed by atoms with Crippen molar-refractivity contribution in [2.45, 2.75) is 0 Å². The van der Waals surface area contributed by atoms with Crippen LogP contribution in [0, 0.1) is 0 Å². The molecule has 0 amide bonds. The first-order valence-electron chi connectivity index (χ1n) is 8.83. The van der Waals surface area contributed by atoms with Gasteiger partial charge in [-0.25, -0.2) is 0 Å². The minimum Gasteiger partial charge on any atom is -0.493 e. The van der Waals surface area contributed by atoms with E-state index >= 15 is 0 Å². The molecule has 2 aromatic carbocycles. The third-order valence-corrected chi connectivity index (χ3v) is 4.54. The van der Waals surface area contributed by atoms with Crippen molar-refractivity contribution >= 4 is 22.4 Å². The van der Waals surface area contributed by atoms with Crippen LogP contribution < -0.4 is 19.5 Å². The van der Waals surface area contributed by atoms with E-state index in [0.29, 0.717) is 17.2 Å². The Morgan fingerprint density at radius 1 is 0.857 bits per heavy atom. The second kappa shape index (κ2) is 7.52. The minimum atomic E-state index is 0.560. The number of H-pyrrole nitrogens is 1. The normalized spacial score (nSPS) is 10.7. The molecular formula is C22H21N3O3. The van der Waals surface area contributed by atoms with Gasteiger partial charge in [0.15, 0.2) is 11.5 Å². The lowest BCUT2D eigenvalue weighted by Crippen LogP contribution is -1.98. The van der Waals surface area contributed by atoms with E-state index in [-0.39, 0.29) is 0 Å². The number of nitrogens with one attached hydrogen (secondary N) is 2. The summed E-state index contributed by atoms with van der Waals surface area (Å²) in [5.74, 6) is 2.60. The van der Waals surface area contributed by atoms with Gasteiger partial charge in [0.05, 0.1) is 32.5 Å². The van der Waals surface area contributed by atoms with Gasteiger partial charge < -0.3 is 24.5 Å². The number of pyridine rings is 1. The Balaban J connectivity index is 1.73. The zero-order valence-electron chi connectivity index (χ0n) is 15.9. The maximum Gasteiger partial charge on any atom is 0.203 e. The first kappa shape index (κ1) is 17.7. The minimum absolute atomic E-state index is 0.560. The molecule has 0 radical (unpaired) electrons. The number of rotatable bonds is 6. The van der Waals surface area contributed by atoms with Gasteiger partial charge in [-0.3, -0.25) is 4.98 Å². The van der Waals surface area contributed by atoms with Gasteiger partial charge in [0.2, 0.25) is 5.75 Å². The first-order valence-corrected chi connectivity index (χ1v) is 8.83. The lowest BCUT2D eigenvalue weighted by Gasteiger charge is -2.14. The van der Waals surface area contributed by atoms with Crippen LogP contribution in [-0.4, -0.2) is 31.3 Å². The number of fused-ring (bicyclic) bond motifs is 1. The molecule has 0 aliphatic carbocycles. The monoisotopic (exact) mass is 375 g/mol. The molecule has 142 valence electrons. The molecule has 0 saturated carbocycles. The van der Waals surface area contributed by atoms with Gasteiger partial charge in [0, 0.05) is 35.0 Å². The molecule has 0 aliphatic heterocycles. The van der Waals surface area contributed by atoms with Gasteiger partial charge in [-0.1, -0.05) is 24.3 Å². The Hall–Kier alpha value is -3.67. The van der Waals surface area contributed by atoms with Crippen LogP contribution in [0.5, 0.6) is 17.2 Å². The molecule has 0 spiro atoms. The Labute approximate surface area is 163 Å². The van der Waals surface area contributed by atoms with Crippen LogP contribution in [0.4, 0.5) is 11.5 Å². The molecule has 4 rings (SSSR count). The summed E-state index contributed by atoms with van der Waals surface area (Å²) in [4.78, 5) is 7.92. The van der Waals surface area contributed by atoms with Crippen molar-refractivity contribution in [1.82, 2.24) is 9.97 Å². The van der Waals surface area contributed by atoms with Gasteiger partial charge in [0.1, 0.15) is 5.82 Å². The molecule has 4 aromatic rings. The Bertz CT molecular complexity index is 1080. The summed E-state index contributed by atoms with van der Waals surface area (Å²) in [6.45, 7) is 0. The average Bonchev–Trinajstić information content (AvgIpc) is 3.15. The highest BCUT2D eigenvalue weighted by Crippen LogP contribution is 2.41. The summed E-state index contributed by atoms with van der Waals surface area (Å²) < 4.78 is 16.2. The molecule has 2 N–H and O–H groups in total. The number of nitrogens with zero attached hydrogens (tertiary/aromatic N) is 1. The molecule has 2 aromatic heterocycles. The predicted molar refractivity (Wildman–Crippen MR) is 111 cm³/mol. The standard InChI is InChI=1S/C22H21N3O3/c1-26-18-12-15(13-19(27-2)22(18)28-3)24-20-11-14-7-6-8-16(21(14)25-20)17-9-4-5-10-23-17/h4-13,24-25H,1-3H3. The molecule has 0 unspecified atom stereocenters. The predicted octanol–water partition coefficient (Wildman–Crippen LogP) is 5.00. The highest BCUT2D eigenvalue weighted by atomic mass is 16.5. The third kappa shape index (κ3) is 3.20. The van der Waals surface area contributed by atoms with Gasteiger partial charge in [0.25, 0.3) is 0 Å². The number of aromatic amines is 1. The maximum absolute atomic E-state index is 5.43. The molecule has 0 fully saturated rings. The smallest absolute Gasteiger partial charge is 0.203 e. The highest BCUT2D eigenvalue weighted by Gasteiger charge is 2.14. The largest absolute Gasteiger partial charge is 0.493 e. The summed E-state index contributed by atoms with van der Waals surface area (Å²) in [6.07, 6.45) is 1.80. The fourth-order valence-electron chi connectivity index (χ4n) is 3.27. The van der Waals surface area contributed by atoms with E-state index in [0.717, 1.165) is 33.7 Å². The molecular weight excluding hydrogens is 354 g/mol. The molecule has 0 aliphatic rings. The highest BCUT2D eigenvalue weighted by molar-refractivity contribution is 5.96. The molecule has 0 atom stereocenters. The fraction of sp³-hybridized carbons (Fsp3) is 0.136. The molecule has 28 heavy (non-hydrogen) atoms. The second-order valence-electron chi connectivity index (χ2n) is 6.21. The second-order valence-corrected chi connectivity index (χ2v) is 6.21. The number of aromatic nitrogens is 2. The van der Waals surface area contributed by atoms with E-state index in [1.54, 1.807) is 27.5 Å². The van der Waals surface area contributed by atoms with Crippen molar-refractivity contribution in [3.05, 3.63) is 60.8 Å². The van der Waals surface area contributed by atoms with Crippen molar-refractivity contribution in [1.29, 1.82) is 0 Å². The van der Waals surface area contributed by atoms with E-state index in [2.05, 4.69) is 33.5 Å². The zero-order chi connectivity index (χ0) is 19.5. The van der Waals surface area contributed by atoms with E-state index in [4.69, 9.17) is 14.2 Å². The van der Waals surface area contributed by atoms with Crippen molar-refractivity contribution < 1.29 is 14.2 Å². The van der Waals surface area contributed by atoms with Gasteiger partial charge >= 0.3 is 0 Å². The number of hydrogen-bond acceptors (Lipinski definition) is 5. The van der Waals surface area contributed by atoms with E-state index in [1.807, 2.05) is 36.4 Å². The van der Waals surface area contributed by atoms with Crippen LogP contribution in [-0.2, 0) is 0 Å². The number of benzene rings is 2. The van der Waals surface area contributed by atoms with Crippen molar-refractivity contribution in [2.75, 3.05) is 26.6 Å². The van der Waals surface area contributed by atoms with Gasteiger partial charge in [-0.2, -0.15) is 0 Å². The van der Waals surface area contributed by atoms with Crippen LogP contribution >= 0.6 is 0 Å². The maximum atomic E-state index is 5.43. The van der Waals surface area contributed by atoms with Crippen LogP contribution in [0.25, 0.3) is 22.2 Å². The van der Waals surface area contributed by atoms with E-state index in [1.165, 1.54) is 0 Å². The summed E-state index contributed by atoms with van der Waals surface area (Å²) in [6, 6.07) is 17.9. The number of para-hydroxylation sites is 1. The van der Waals surface area contributed by atoms with Gasteiger partial charge in [-0.15, -0.1) is 0 Å². The first-order chi connectivity index (χ1) is 13.7. The SMILES string of the molecule is COc1cc(Nc2cc3cccc(-c4ccccn4)c3[nH]2)cc(OC)c1OC. The van der Waals surface area contributed by atoms with Crippen LogP contribution in [0.3, 0.4) is 0 Å². The number of anilines is 2. The molecule has 6 nitrogen and oxygen atoms in total.